The summed E-state index contributed by atoms with van der Waals surface area (Å²) in [4.78, 5) is 2.49. The zero-order valence-electron chi connectivity index (χ0n) is 35.6. The highest BCUT2D eigenvalue weighted by molar-refractivity contribution is 6.05. The monoisotopic (exact) mass is 805 g/mol. The maximum absolute atomic E-state index is 2.49. The van der Waals surface area contributed by atoms with Crippen LogP contribution in [0.3, 0.4) is 0 Å². The summed E-state index contributed by atoms with van der Waals surface area (Å²) < 4.78 is 0. The third-order valence-electron chi connectivity index (χ3n) is 13.4. The number of nitrogens with zero attached hydrogens (tertiary/aromatic N) is 1. The Bertz CT molecular complexity index is 3110. The van der Waals surface area contributed by atoms with Crippen molar-refractivity contribution in [1.29, 1.82) is 0 Å². The van der Waals surface area contributed by atoms with E-state index in [1.54, 1.807) is 0 Å². The molecule has 0 bridgehead atoms. The number of fused-ring (bicyclic) bond motifs is 4. The topological polar surface area (TPSA) is 3.24 Å². The Balaban J connectivity index is 1.15. The molecule has 1 aliphatic carbocycles. The van der Waals surface area contributed by atoms with Gasteiger partial charge in [-0.2, -0.15) is 0 Å². The first-order valence-corrected chi connectivity index (χ1v) is 22.0. The average molecular weight is 806 g/mol. The highest BCUT2D eigenvalue weighted by atomic mass is 15.1. The van der Waals surface area contributed by atoms with Gasteiger partial charge in [0.2, 0.25) is 0 Å². The summed E-state index contributed by atoms with van der Waals surface area (Å²) >= 11 is 0. The fourth-order valence-electron chi connectivity index (χ4n) is 10.4. The highest BCUT2D eigenvalue weighted by Crippen LogP contribution is 2.52. The second-order valence-corrected chi connectivity index (χ2v) is 17.3. The lowest BCUT2D eigenvalue weighted by molar-refractivity contribution is 0.660. The largest absolute Gasteiger partial charge is 0.310 e. The number of anilines is 3. The molecule has 0 N–H and O–H groups in total. The summed E-state index contributed by atoms with van der Waals surface area (Å²) in [6.07, 6.45) is 0. The Kier molecular flexibility index (Phi) is 9.47. The predicted octanol–water partition coefficient (Wildman–Crippen LogP) is 16.3. The van der Waals surface area contributed by atoms with Gasteiger partial charge in [0.1, 0.15) is 0 Å². The lowest BCUT2D eigenvalue weighted by Crippen LogP contribution is -2.31. The van der Waals surface area contributed by atoms with Crippen LogP contribution in [0.1, 0.15) is 47.2 Å². The van der Waals surface area contributed by atoms with Gasteiger partial charge < -0.3 is 4.90 Å². The van der Waals surface area contributed by atoms with E-state index in [2.05, 4.69) is 267 Å². The molecular formula is C62H47N. The van der Waals surface area contributed by atoms with Crippen molar-refractivity contribution in [2.24, 2.45) is 0 Å². The maximum Gasteiger partial charge on any atom is 0.0701 e. The summed E-state index contributed by atoms with van der Waals surface area (Å²) in [6.45, 7) is 4.74. The van der Waals surface area contributed by atoms with E-state index in [9.17, 15) is 0 Å². The molecule has 0 heterocycles. The molecular weight excluding hydrogens is 759 g/mol. The second-order valence-electron chi connectivity index (χ2n) is 17.3. The van der Waals surface area contributed by atoms with Gasteiger partial charge in [-0.25, -0.2) is 0 Å². The molecule has 0 fully saturated rings. The van der Waals surface area contributed by atoms with Crippen molar-refractivity contribution in [3.8, 4) is 33.4 Å². The van der Waals surface area contributed by atoms with Crippen molar-refractivity contribution in [2.45, 2.75) is 24.7 Å². The molecule has 10 aromatic carbocycles. The van der Waals surface area contributed by atoms with Gasteiger partial charge in [0.25, 0.3) is 0 Å². The predicted molar refractivity (Wildman–Crippen MR) is 265 cm³/mol. The molecule has 1 heteroatoms. The number of hydrogen-bond donors (Lipinski definition) is 0. The standard InChI is InChI=1S/C62H47N/c1-61(2)57-30-18-17-29-55(57)56-41-40-53(43-58(56)61)63(59-42-35-46-21-15-16-28-54(46)60(59)47-33-31-45(32-34-47)44-19-7-3-8-20-44)52-38-36-51(37-39-52)62(48-22-9-4-10-23-48,49-24-11-5-12-25-49)50-26-13-6-14-27-50/h3-43H,1-2H3. The van der Waals surface area contributed by atoms with E-state index in [0.717, 1.165) is 17.1 Å². The molecule has 0 aromatic heterocycles. The molecule has 0 unspecified atom stereocenters. The fraction of sp³-hybridized carbons (Fsp3) is 0.0645. The van der Waals surface area contributed by atoms with Crippen LogP contribution < -0.4 is 4.90 Å². The Morgan fingerprint density at radius 2 is 0.825 bits per heavy atom. The summed E-state index contributed by atoms with van der Waals surface area (Å²) in [7, 11) is 0. The average Bonchev–Trinajstić information content (AvgIpc) is 3.58. The Labute approximate surface area is 371 Å². The van der Waals surface area contributed by atoms with Crippen LogP contribution in [-0.4, -0.2) is 0 Å². The number of hydrogen-bond acceptors (Lipinski definition) is 1. The van der Waals surface area contributed by atoms with Crippen molar-refractivity contribution < 1.29 is 0 Å². The van der Waals surface area contributed by atoms with Crippen molar-refractivity contribution in [3.63, 3.8) is 0 Å². The number of benzene rings is 10. The lowest BCUT2D eigenvalue weighted by Gasteiger charge is -2.37. The normalized spacial score (nSPS) is 12.7. The van der Waals surface area contributed by atoms with Crippen LogP contribution in [-0.2, 0) is 10.8 Å². The van der Waals surface area contributed by atoms with E-state index in [-0.39, 0.29) is 5.41 Å². The van der Waals surface area contributed by atoms with Gasteiger partial charge in [-0.1, -0.05) is 232 Å². The Morgan fingerprint density at radius 1 is 0.349 bits per heavy atom. The van der Waals surface area contributed by atoms with Crippen LogP contribution >= 0.6 is 0 Å². The minimum atomic E-state index is -0.550. The zero-order valence-corrected chi connectivity index (χ0v) is 35.6. The SMILES string of the molecule is CC1(C)c2ccccc2-c2ccc(N(c3ccc(C(c4ccccc4)(c4ccccc4)c4ccccc4)cc3)c3ccc4ccccc4c3-c3ccc(-c4ccccc4)cc3)cc21. The van der Waals surface area contributed by atoms with Crippen LogP contribution in [0.25, 0.3) is 44.2 Å². The first-order valence-electron chi connectivity index (χ1n) is 22.0. The van der Waals surface area contributed by atoms with Crippen LogP contribution in [0.4, 0.5) is 17.1 Å². The molecule has 0 spiro atoms. The van der Waals surface area contributed by atoms with Crippen molar-refractivity contribution >= 4 is 27.8 Å². The molecule has 0 saturated carbocycles. The molecule has 300 valence electrons. The first kappa shape index (κ1) is 38.2. The molecule has 1 nitrogen and oxygen atoms in total. The molecule has 0 radical (unpaired) electrons. The van der Waals surface area contributed by atoms with Gasteiger partial charge in [0, 0.05) is 22.4 Å². The Hall–Kier alpha value is -7.74. The quantitative estimate of drug-likeness (QED) is 0.131. The third kappa shape index (κ3) is 6.39. The molecule has 1 aliphatic rings. The van der Waals surface area contributed by atoms with Crippen molar-refractivity contribution in [2.75, 3.05) is 4.90 Å². The van der Waals surface area contributed by atoms with Gasteiger partial charge in [0.15, 0.2) is 0 Å². The van der Waals surface area contributed by atoms with Gasteiger partial charge in [-0.05, 0) is 102 Å². The summed E-state index contributed by atoms with van der Waals surface area (Å²) in [5, 5.41) is 2.43. The van der Waals surface area contributed by atoms with E-state index in [1.807, 2.05) is 0 Å². The van der Waals surface area contributed by atoms with E-state index < -0.39 is 5.41 Å². The molecule has 0 atom stereocenters. The summed E-state index contributed by atoms with van der Waals surface area (Å²) in [6, 6.07) is 91.5. The van der Waals surface area contributed by atoms with Gasteiger partial charge in [0.05, 0.1) is 11.1 Å². The molecule has 11 rings (SSSR count). The molecule has 0 saturated heterocycles. The van der Waals surface area contributed by atoms with E-state index in [0.29, 0.717) is 0 Å². The number of rotatable bonds is 9. The highest BCUT2D eigenvalue weighted by Gasteiger charge is 2.39. The minimum absolute atomic E-state index is 0.155. The first-order chi connectivity index (χ1) is 31.0. The smallest absolute Gasteiger partial charge is 0.0701 e. The maximum atomic E-state index is 2.49. The second kappa shape index (κ2) is 15.6. The molecule has 10 aromatic rings. The van der Waals surface area contributed by atoms with E-state index in [4.69, 9.17) is 0 Å². The van der Waals surface area contributed by atoms with Crippen molar-refractivity contribution in [1.82, 2.24) is 0 Å². The Morgan fingerprint density at radius 3 is 1.46 bits per heavy atom. The minimum Gasteiger partial charge on any atom is -0.310 e. The van der Waals surface area contributed by atoms with Crippen LogP contribution in [0, 0.1) is 0 Å². The third-order valence-corrected chi connectivity index (χ3v) is 13.4. The fourth-order valence-corrected chi connectivity index (χ4v) is 10.4. The molecule has 63 heavy (non-hydrogen) atoms. The van der Waals surface area contributed by atoms with E-state index >= 15 is 0 Å². The van der Waals surface area contributed by atoms with Gasteiger partial charge >= 0.3 is 0 Å². The van der Waals surface area contributed by atoms with Crippen LogP contribution in [0.15, 0.2) is 249 Å². The van der Waals surface area contributed by atoms with Crippen LogP contribution in [0.2, 0.25) is 0 Å². The summed E-state index contributed by atoms with van der Waals surface area (Å²) in [5.74, 6) is 0. The van der Waals surface area contributed by atoms with E-state index in [1.165, 1.54) is 77.5 Å². The summed E-state index contributed by atoms with van der Waals surface area (Å²) in [5.41, 5.74) is 17.7. The lowest BCUT2D eigenvalue weighted by atomic mass is 9.65. The zero-order chi connectivity index (χ0) is 42.4. The molecule has 0 amide bonds. The van der Waals surface area contributed by atoms with Gasteiger partial charge in [-0.15, -0.1) is 0 Å². The van der Waals surface area contributed by atoms with Crippen LogP contribution in [0.5, 0.6) is 0 Å². The van der Waals surface area contributed by atoms with Gasteiger partial charge in [-0.3, -0.25) is 0 Å². The molecule has 0 aliphatic heterocycles. The van der Waals surface area contributed by atoms with Crippen molar-refractivity contribution in [3.05, 3.63) is 282 Å².